The summed E-state index contributed by atoms with van der Waals surface area (Å²) >= 11 is 0. The summed E-state index contributed by atoms with van der Waals surface area (Å²) in [5.74, 6) is 1.69. The minimum Gasteiger partial charge on any atom is -0.334 e. The van der Waals surface area contributed by atoms with Gasteiger partial charge in [0.1, 0.15) is 5.82 Å². The summed E-state index contributed by atoms with van der Waals surface area (Å²) in [5, 5.41) is 9.60. The van der Waals surface area contributed by atoms with Crippen molar-refractivity contribution in [1.29, 1.82) is 0 Å². The van der Waals surface area contributed by atoms with Gasteiger partial charge < -0.3 is 9.47 Å². The van der Waals surface area contributed by atoms with Gasteiger partial charge in [0.25, 0.3) is 0 Å². The van der Waals surface area contributed by atoms with Crippen molar-refractivity contribution in [2.45, 2.75) is 26.9 Å². The molecule has 130 valence electrons. The van der Waals surface area contributed by atoms with Gasteiger partial charge in [-0.2, -0.15) is 4.98 Å². The lowest BCUT2D eigenvalue weighted by molar-refractivity contribution is 0.219. The predicted octanol–water partition coefficient (Wildman–Crippen LogP) is 2.66. The number of H-pyrrole nitrogens is 1. The average molecular weight is 339 g/mol. The monoisotopic (exact) mass is 339 g/mol. The normalized spacial score (nSPS) is 10.7. The van der Waals surface area contributed by atoms with Crippen LogP contribution in [-0.2, 0) is 13.1 Å². The Labute approximate surface area is 145 Å². The maximum atomic E-state index is 12.3. The maximum absolute atomic E-state index is 12.3. The van der Waals surface area contributed by atoms with E-state index in [1.165, 1.54) is 4.90 Å². The Hall–Kier alpha value is -3.16. The molecule has 8 nitrogen and oxygen atoms in total. The SMILES string of the molecule is CCn1ccnc1CN(C)C(=O)Nc1n[nH]c(-c2cccc(C)c2)n1. The predicted molar refractivity (Wildman–Crippen MR) is 94.9 cm³/mol. The summed E-state index contributed by atoms with van der Waals surface area (Å²) in [6.45, 7) is 5.26. The number of urea groups is 1. The molecular formula is C17H21N7O. The molecule has 0 saturated carbocycles. The number of imidazole rings is 1. The second kappa shape index (κ2) is 7.16. The third-order valence-corrected chi connectivity index (χ3v) is 3.86. The smallest absolute Gasteiger partial charge is 0.324 e. The van der Waals surface area contributed by atoms with Gasteiger partial charge in [-0.1, -0.05) is 23.8 Å². The fraction of sp³-hybridized carbons (Fsp3) is 0.294. The fourth-order valence-corrected chi connectivity index (χ4v) is 2.49. The first kappa shape index (κ1) is 16.7. The Morgan fingerprint density at radius 3 is 3.00 bits per heavy atom. The van der Waals surface area contributed by atoms with Gasteiger partial charge in [-0.05, 0) is 19.9 Å². The summed E-state index contributed by atoms with van der Waals surface area (Å²) in [4.78, 5) is 22.5. The van der Waals surface area contributed by atoms with Gasteiger partial charge in [0.15, 0.2) is 5.82 Å². The second-order valence-electron chi connectivity index (χ2n) is 5.79. The van der Waals surface area contributed by atoms with Gasteiger partial charge in [0, 0.05) is 31.5 Å². The number of nitrogens with one attached hydrogen (secondary N) is 2. The Kier molecular flexibility index (Phi) is 4.78. The van der Waals surface area contributed by atoms with Crippen molar-refractivity contribution in [3.8, 4) is 11.4 Å². The highest BCUT2D eigenvalue weighted by molar-refractivity contribution is 5.87. The molecule has 8 heteroatoms. The zero-order valence-electron chi connectivity index (χ0n) is 14.5. The highest BCUT2D eigenvalue weighted by atomic mass is 16.2. The summed E-state index contributed by atoms with van der Waals surface area (Å²) in [5.41, 5.74) is 2.05. The largest absolute Gasteiger partial charge is 0.334 e. The number of aryl methyl sites for hydroxylation is 2. The molecule has 25 heavy (non-hydrogen) atoms. The molecule has 2 heterocycles. The minimum absolute atomic E-state index is 0.243. The molecule has 3 aromatic rings. The Bertz CT molecular complexity index is 867. The van der Waals surface area contributed by atoms with Gasteiger partial charge in [0.2, 0.25) is 5.95 Å². The first-order chi connectivity index (χ1) is 12.1. The number of hydrogen-bond acceptors (Lipinski definition) is 4. The van der Waals surface area contributed by atoms with E-state index in [2.05, 4.69) is 25.5 Å². The van der Waals surface area contributed by atoms with E-state index in [-0.39, 0.29) is 12.0 Å². The van der Waals surface area contributed by atoms with E-state index in [0.29, 0.717) is 12.4 Å². The molecule has 0 aliphatic carbocycles. The molecule has 3 rings (SSSR count). The van der Waals surface area contributed by atoms with Crippen molar-refractivity contribution in [2.24, 2.45) is 0 Å². The van der Waals surface area contributed by atoms with Crippen LogP contribution in [0, 0.1) is 6.92 Å². The van der Waals surface area contributed by atoms with Crippen LogP contribution in [0.25, 0.3) is 11.4 Å². The van der Waals surface area contributed by atoms with Crippen molar-refractivity contribution in [1.82, 2.24) is 29.6 Å². The molecule has 0 aliphatic rings. The summed E-state index contributed by atoms with van der Waals surface area (Å²) in [7, 11) is 1.71. The number of aromatic nitrogens is 5. The maximum Gasteiger partial charge on any atom is 0.324 e. The van der Waals surface area contributed by atoms with E-state index in [9.17, 15) is 4.79 Å². The Balaban J connectivity index is 1.65. The minimum atomic E-state index is -0.291. The lowest BCUT2D eigenvalue weighted by Gasteiger charge is -2.16. The lowest BCUT2D eigenvalue weighted by atomic mass is 10.1. The molecule has 0 radical (unpaired) electrons. The van der Waals surface area contributed by atoms with Crippen molar-refractivity contribution in [2.75, 3.05) is 12.4 Å². The quantitative estimate of drug-likeness (QED) is 0.747. The van der Waals surface area contributed by atoms with Crippen LogP contribution in [0.3, 0.4) is 0 Å². The van der Waals surface area contributed by atoms with Crippen molar-refractivity contribution in [3.63, 3.8) is 0 Å². The summed E-state index contributed by atoms with van der Waals surface area (Å²) in [6, 6.07) is 7.62. The van der Waals surface area contributed by atoms with Gasteiger partial charge in [-0.25, -0.2) is 9.78 Å². The first-order valence-corrected chi connectivity index (χ1v) is 8.08. The standard InChI is InChI=1S/C17H21N7O/c1-4-24-9-8-18-14(24)11-23(3)17(25)20-16-19-15(21-22-16)13-7-5-6-12(2)10-13/h5-10H,4,11H2,1-3H3,(H2,19,20,21,22,25). The third-order valence-electron chi connectivity index (χ3n) is 3.86. The Morgan fingerprint density at radius 2 is 2.24 bits per heavy atom. The van der Waals surface area contributed by atoms with Crippen LogP contribution in [0.1, 0.15) is 18.3 Å². The fourth-order valence-electron chi connectivity index (χ4n) is 2.49. The molecule has 0 spiro atoms. The Morgan fingerprint density at radius 1 is 1.40 bits per heavy atom. The van der Waals surface area contributed by atoms with Crippen LogP contribution in [-0.4, -0.2) is 42.7 Å². The van der Waals surface area contributed by atoms with Crippen LogP contribution in [0.5, 0.6) is 0 Å². The van der Waals surface area contributed by atoms with Crippen LogP contribution >= 0.6 is 0 Å². The van der Waals surface area contributed by atoms with Gasteiger partial charge >= 0.3 is 6.03 Å². The van der Waals surface area contributed by atoms with Crippen molar-refractivity contribution < 1.29 is 4.79 Å². The number of aromatic amines is 1. The number of nitrogens with zero attached hydrogens (tertiary/aromatic N) is 5. The van der Waals surface area contributed by atoms with Crippen LogP contribution in [0.15, 0.2) is 36.7 Å². The lowest BCUT2D eigenvalue weighted by Crippen LogP contribution is -2.32. The van der Waals surface area contributed by atoms with Gasteiger partial charge in [0.05, 0.1) is 6.54 Å². The molecule has 2 aromatic heterocycles. The van der Waals surface area contributed by atoms with E-state index in [0.717, 1.165) is 23.5 Å². The van der Waals surface area contributed by atoms with Gasteiger partial charge in [-0.15, -0.1) is 5.10 Å². The molecule has 2 amide bonds. The third kappa shape index (κ3) is 3.85. The molecular weight excluding hydrogens is 318 g/mol. The first-order valence-electron chi connectivity index (χ1n) is 8.08. The molecule has 0 fully saturated rings. The van der Waals surface area contributed by atoms with Crippen molar-refractivity contribution >= 4 is 12.0 Å². The number of hydrogen-bond donors (Lipinski definition) is 2. The molecule has 0 bridgehead atoms. The van der Waals surface area contributed by atoms with Crippen molar-refractivity contribution in [3.05, 3.63) is 48.0 Å². The number of amides is 2. The molecule has 0 atom stereocenters. The van der Waals surface area contributed by atoms with Gasteiger partial charge in [-0.3, -0.25) is 10.4 Å². The van der Waals surface area contributed by atoms with E-state index >= 15 is 0 Å². The highest BCUT2D eigenvalue weighted by Gasteiger charge is 2.15. The number of carbonyl (C=O) groups is 1. The summed E-state index contributed by atoms with van der Waals surface area (Å²) < 4.78 is 1.99. The molecule has 1 aromatic carbocycles. The molecule has 0 aliphatic heterocycles. The average Bonchev–Trinajstić information content (AvgIpc) is 3.24. The zero-order chi connectivity index (χ0) is 17.8. The van der Waals surface area contributed by atoms with Crippen LogP contribution < -0.4 is 5.32 Å². The molecule has 0 saturated heterocycles. The van der Waals surface area contributed by atoms with E-state index in [1.54, 1.807) is 13.2 Å². The number of anilines is 1. The van der Waals surface area contributed by atoms with E-state index in [4.69, 9.17) is 0 Å². The topological polar surface area (TPSA) is 91.7 Å². The zero-order valence-corrected chi connectivity index (χ0v) is 14.5. The number of carbonyl (C=O) groups excluding carboxylic acids is 1. The van der Waals surface area contributed by atoms with Crippen LogP contribution in [0.2, 0.25) is 0 Å². The summed E-state index contributed by atoms with van der Waals surface area (Å²) in [6.07, 6.45) is 3.62. The number of benzene rings is 1. The highest BCUT2D eigenvalue weighted by Crippen LogP contribution is 2.17. The van der Waals surface area contributed by atoms with E-state index in [1.807, 2.05) is 48.9 Å². The molecule has 0 unspecified atom stereocenters. The number of rotatable bonds is 5. The van der Waals surface area contributed by atoms with Crippen LogP contribution in [0.4, 0.5) is 10.7 Å². The van der Waals surface area contributed by atoms with E-state index < -0.39 is 0 Å². The second-order valence-corrected chi connectivity index (χ2v) is 5.79. The molecule has 2 N–H and O–H groups in total.